The Bertz CT molecular complexity index is 1220. The van der Waals surface area contributed by atoms with Crippen molar-refractivity contribution in [1.29, 1.82) is 5.26 Å². The lowest BCUT2D eigenvalue weighted by Crippen LogP contribution is -2.52. The number of methoxy groups -OCH3 is 4. The molecule has 0 saturated carbocycles. The van der Waals surface area contributed by atoms with Crippen LogP contribution < -0.4 is 18.9 Å². The number of benzene rings is 3. The largest absolute Gasteiger partial charge is 0.493 e. The van der Waals surface area contributed by atoms with Crippen molar-refractivity contribution in [2.45, 2.75) is 31.3 Å². The second kappa shape index (κ2) is 10.3. The number of hydrogen-bond acceptors (Lipinski definition) is 6. The Hall–Kier alpha value is -3.69. The molecule has 0 N–H and O–H groups in total. The molecule has 0 amide bonds. The third-order valence-electron chi connectivity index (χ3n) is 7.01. The molecule has 1 aliphatic rings. The first kappa shape index (κ1) is 24.4. The fourth-order valence-electron chi connectivity index (χ4n) is 5.18. The van der Waals surface area contributed by atoms with E-state index in [-0.39, 0.29) is 6.04 Å². The second-order valence-corrected chi connectivity index (χ2v) is 8.73. The van der Waals surface area contributed by atoms with Crippen LogP contribution in [0.15, 0.2) is 60.7 Å². The average Bonchev–Trinajstić information content (AvgIpc) is 2.92. The van der Waals surface area contributed by atoms with E-state index in [0.29, 0.717) is 29.4 Å². The normalized spacial score (nSPS) is 18.2. The van der Waals surface area contributed by atoms with Gasteiger partial charge in [0.25, 0.3) is 0 Å². The highest BCUT2D eigenvalue weighted by atomic mass is 16.5. The predicted octanol–water partition coefficient (Wildman–Crippen LogP) is 5.30. The molecule has 0 saturated heterocycles. The van der Waals surface area contributed by atoms with Crippen molar-refractivity contribution >= 4 is 0 Å². The van der Waals surface area contributed by atoms with E-state index in [2.05, 4.69) is 30.0 Å². The van der Waals surface area contributed by atoms with Crippen molar-refractivity contribution in [3.8, 4) is 29.1 Å². The minimum atomic E-state index is -0.929. The number of hydrogen-bond donors (Lipinski definition) is 0. The van der Waals surface area contributed by atoms with E-state index in [4.69, 9.17) is 18.9 Å². The van der Waals surface area contributed by atoms with E-state index in [0.717, 1.165) is 29.7 Å². The monoisotopic (exact) mass is 472 g/mol. The van der Waals surface area contributed by atoms with Gasteiger partial charge in [0.1, 0.15) is 5.54 Å². The minimum absolute atomic E-state index is 0.0252. The van der Waals surface area contributed by atoms with Gasteiger partial charge in [-0.2, -0.15) is 5.26 Å². The molecule has 6 nitrogen and oxygen atoms in total. The number of fused-ring (bicyclic) bond motifs is 1. The van der Waals surface area contributed by atoms with Gasteiger partial charge in [-0.25, -0.2) is 0 Å². The molecular weight excluding hydrogens is 440 g/mol. The molecule has 6 heteroatoms. The smallest absolute Gasteiger partial charge is 0.161 e. The lowest BCUT2D eigenvalue weighted by molar-refractivity contribution is 0.0773. The Morgan fingerprint density at radius 3 is 2.11 bits per heavy atom. The summed E-state index contributed by atoms with van der Waals surface area (Å²) < 4.78 is 22.2. The Balaban J connectivity index is 1.90. The Labute approximate surface area is 207 Å². The third-order valence-corrected chi connectivity index (χ3v) is 7.01. The highest BCUT2D eigenvalue weighted by Crippen LogP contribution is 2.46. The van der Waals surface area contributed by atoms with Gasteiger partial charge in [0.2, 0.25) is 0 Å². The molecule has 0 spiro atoms. The van der Waals surface area contributed by atoms with Gasteiger partial charge in [0, 0.05) is 19.0 Å². The van der Waals surface area contributed by atoms with Crippen molar-refractivity contribution in [3.05, 3.63) is 82.9 Å². The molecule has 3 aromatic rings. The first-order valence-corrected chi connectivity index (χ1v) is 11.7. The molecule has 0 aromatic heterocycles. The van der Waals surface area contributed by atoms with Gasteiger partial charge in [0.05, 0.1) is 34.5 Å². The van der Waals surface area contributed by atoms with Gasteiger partial charge in [-0.05, 0) is 59.9 Å². The molecule has 4 rings (SSSR count). The summed E-state index contributed by atoms with van der Waals surface area (Å²) in [5.74, 6) is 2.59. The molecule has 3 aromatic carbocycles. The van der Waals surface area contributed by atoms with Gasteiger partial charge in [-0.1, -0.05) is 36.4 Å². The van der Waals surface area contributed by atoms with Crippen LogP contribution in [-0.4, -0.2) is 39.9 Å². The van der Waals surface area contributed by atoms with Gasteiger partial charge in [0.15, 0.2) is 23.0 Å². The number of nitriles is 1. The fourth-order valence-corrected chi connectivity index (χ4v) is 5.18. The van der Waals surface area contributed by atoms with Crippen molar-refractivity contribution in [2.24, 2.45) is 0 Å². The lowest BCUT2D eigenvalue weighted by atomic mass is 9.76. The van der Waals surface area contributed by atoms with Crippen molar-refractivity contribution in [1.82, 2.24) is 4.90 Å². The van der Waals surface area contributed by atoms with E-state index in [1.54, 1.807) is 28.4 Å². The van der Waals surface area contributed by atoms with Crippen molar-refractivity contribution < 1.29 is 18.9 Å². The zero-order valence-corrected chi connectivity index (χ0v) is 21.0. The van der Waals surface area contributed by atoms with Crippen LogP contribution in [-0.2, 0) is 18.4 Å². The van der Waals surface area contributed by atoms with Crippen LogP contribution in [0.1, 0.15) is 35.2 Å². The zero-order chi connectivity index (χ0) is 25.0. The standard InChI is InChI=1S/C29H32N2O4/c1-20(22-9-7-6-8-10-22)31-14-13-23-16-27(34-4)28(35-5)17-24(23)29(31,19-30)18-21-11-12-25(32-2)26(15-21)33-3/h6-12,15-17,20H,13-14,18H2,1-5H3/t20-,29+/m1/s1. The van der Waals surface area contributed by atoms with Gasteiger partial charge in [-0.3, -0.25) is 4.90 Å². The van der Waals surface area contributed by atoms with E-state index >= 15 is 0 Å². The van der Waals surface area contributed by atoms with Crippen LogP contribution in [0.4, 0.5) is 0 Å². The molecule has 2 atom stereocenters. The maximum atomic E-state index is 10.9. The molecule has 0 aliphatic carbocycles. The Kier molecular flexibility index (Phi) is 7.18. The van der Waals surface area contributed by atoms with Gasteiger partial charge >= 0.3 is 0 Å². The topological polar surface area (TPSA) is 64.0 Å². The van der Waals surface area contributed by atoms with Gasteiger partial charge in [-0.15, -0.1) is 0 Å². The number of rotatable bonds is 8. The van der Waals surface area contributed by atoms with Crippen molar-refractivity contribution in [3.63, 3.8) is 0 Å². The summed E-state index contributed by atoms with van der Waals surface area (Å²) >= 11 is 0. The molecule has 1 aliphatic heterocycles. The fraction of sp³-hybridized carbons (Fsp3) is 0.345. The zero-order valence-electron chi connectivity index (χ0n) is 21.0. The summed E-state index contributed by atoms with van der Waals surface area (Å²) in [5, 5.41) is 10.9. The molecule has 0 fully saturated rings. The summed E-state index contributed by atoms with van der Waals surface area (Å²) in [6.45, 7) is 2.90. The highest BCUT2D eigenvalue weighted by molar-refractivity contribution is 5.54. The predicted molar refractivity (Wildman–Crippen MR) is 135 cm³/mol. The summed E-state index contributed by atoms with van der Waals surface area (Å²) in [4.78, 5) is 2.31. The molecule has 0 radical (unpaired) electrons. The van der Waals surface area contributed by atoms with E-state index in [1.807, 2.05) is 48.5 Å². The minimum Gasteiger partial charge on any atom is -0.493 e. The van der Waals surface area contributed by atoms with Crippen LogP contribution >= 0.6 is 0 Å². The maximum absolute atomic E-state index is 10.9. The SMILES string of the molecule is COc1ccc(C[C@]2(C#N)c3cc(OC)c(OC)cc3CCN2[C@H](C)c2ccccc2)cc1OC. The molecule has 35 heavy (non-hydrogen) atoms. The first-order chi connectivity index (χ1) is 17.0. The quantitative estimate of drug-likeness (QED) is 0.443. The van der Waals surface area contributed by atoms with Crippen LogP contribution in [0.3, 0.4) is 0 Å². The second-order valence-electron chi connectivity index (χ2n) is 8.73. The van der Waals surface area contributed by atoms with Crippen LogP contribution in [0.25, 0.3) is 0 Å². The lowest BCUT2D eigenvalue weighted by Gasteiger charge is -2.47. The summed E-state index contributed by atoms with van der Waals surface area (Å²) in [7, 11) is 6.50. The first-order valence-electron chi connectivity index (χ1n) is 11.7. The molecule has 0 bridgehead atoms. The van der Waals surface area contributed by atoms with Crippen LogP contribution in [0, 0.1) is 11.3 Å². The van der Waals surface area contributed by atoms with E-state index < -0.39 is 5.54 Å². The molecule has 1 heterocycles. The number of nitrogens with zero attached hydrogens (tertiary/aromatic N) is 2. The Morgan fingerprint density at radius 1 is 0.857 bits per heavy atom. The highest BCUT2D eigenvalue weighted by Gasteiger charge is 2.46. The summed E-state index contributed by atoms with van der Waals surface area (Å²) in [6.07, 6.45) is 1.28. The van der Waals surface area contributed by atoms with Crippen molar-refractivity contribution in [2.75, 3.05) is 35.0 Å². The van der Waals surface area contributed by atoms with E-state index in [1.165, 1.54) is 5.56 Å². The Morgan fingerprint density at radius 2 is 1.49 bits per heavy atom. The maximum Gasteiger partial charge on any atom is 0.161 e. The average molecular weight is 473 g/mol. The third kappa shape index (κ3) is 4.40. The number of ether oxygens (including phenoxy) is 4. The van der Waals surface area contributed by atoms with E-state index in [9.17, 15) is 5.26 Å². The molecule has 182 valence electrons. The molecule has 0 unspecified atom stereocenters. The molecular formula is C29H32N2O4. The summed E-state index contributed by atoms with van der Waals surface area (Å²) in [5.41, 5.74) is 3.27. The van der Waals surface area contributed by atoms with Crippen LogP contribution in [0.5, 0.6) is 23.0 Å². The summed E-state index contributed by atoms with van der Waals surface area (Å²) in [6, 6.07) is 22.9. The van der Waals surface area contributed by atoms with Gasteiger partial charge < -0.3 is 18.9 Å². The van der Waals surface area contributed by atoms with Crippen LogP contribution in [0.2, 0.25) is 0 Å².